The second kappa shape index (κ2) is 4.72. The molecule has 0 radical (unpaired) electrons. The Labute approximate surface area is 106 Å². The first-order valence-electron chi connectivity index (χ1n) is 5.51. The minimum atomic E-state index is -1.95. The number of hydrogen-bond acceptors (Lipinski definition) is 5. The molecule has 8 heteroatoms. The summed E-state index contributed by atoms with van der Waals surface area (Å²) in [6.07, 6.45) is -2.93. The van der Waals surface area contributed by atoms with Crippen molar-refractivity contribution >= 4 is 0 Å². The first kappa shape index (κ1) is 13.7. The normalized spacial score (nSPS) is 34.4. The number of aliphatic hydroxyl groups is 2. The number of H-pyrrole nitrogens is 1. The average molecular weight is 272 g/mol. The van der Waals surface area contributed by atoms with E-state index in [0.29, 0.717) is 0 Å². The second-order valence-electron chi connectivity index (χ2n) is 4.23. The predicted octanol–water partition coefficient (Wildman–Crippen LogP) is -1.32. The van der Waals surface area contributed by atoms with Gasteiger partial charge in [0.15, 0.2) is 12.4 Å². The smallest absolute Gasteiger partial charge is 0.330 e. The molecule has 1 fully saturated rings. The third-order valence-corrected chi connectivity index (χ3v) is 3.13. The highest BCUT2D eigenvalue weighted by Gasteiger charge is 2.54. The van der Waals surface area contributed by atoms with E-state index in [1.807, 2.05) is 4.98 Å². The van der Waals surface area contributed by atoms with Gasteiger partial charge in [0, 0.05) is 12.3 Å². The summed E-state index contributed by atoms with van der Waals surface area (Å²) in [5.74, 6) is 0. The Kier molecular flexibility index (Phi) is 3.40. The van der Waals surface area contributed by atoms with Crippen molar-refractivity contribution in [3.05, 3.63) is 45.8 Å². The summed E-state index contributed by atoms with van der Waals surface area (Å²) in [6, 6.07) is 1.02. The average Bonchev–Trinajstić information content (AvgIpc) is 2.64. The van der Waals surface area contributed by atoms with Gasteiger partial charge in [-0.2, -0.15) is 0 Å². The molecule has 2 rings (SSSR count). The highest BCUT2D eigenvalue weighted by Crippen LogP contribution is 2.38. The Bertz CT molecular complexity index is 597. The fraction of sp³-hybridized carbons (Fsp3) is 0.455. The van der Waals surface area contributed by atoms with Crippen LogP contribution in [0.3, 0.4) is 0 Å². The highest BCUT2D eigenvalue weighted by molar-refractivity contribution is 5.11. The zero-order valence-corrected chi connectivity index (χ0v) is 9.82. The molecule has 0 bridgehead atoms. The van der Waals surface area contributed by atoms with Crippen LogP contribution in [0.4, 0.5) is 4.39 Å². The van der Waals surface area contributed by atoms with Crippen molar-refractivity contribution in [3.63, 3.8) is 0 Å². The first-order valence-corrected chi connectivity index (χ1v) is 5.51. The monoisotopic (exact) mass is 272 g/mol. The molecule has 0 aliphatic carbocycles. The van der Waals surface area contributed by atoms with E-state index in [1.165, 1.54) is 0 Å². The molecule has 1 aliphatic rings. The Morgan fingerprint density at radius 2 is 2.32 bits per heavy atom. The van der Waals surface area contributed by atoms with Gasteiger partial charge in [0.1, 0.15) is 11.7 Å². The number of nitrogens with one attached hydrogen (secondary N) is 1. The van der Waals surface area contributed by atoms with Gasteiger partial charge in [-0.15, -0.1) is 6.58 Å². The van der Waals surface area contributed by atoms with Crippen LogP contribution in [0, 0.1) is 0 Å². The number of alkyl halides is 1. The molecule has 3 N–H and O–H groups in total. The molecule has 4 atom stereocenters. The van der Waals surface area contributed by atoms with Gasteiger partial charge in [0.05, 0.1) is 6.61 Å². The van der Waals surface area contributed by atoms with E-state index in [0.717, 1.165) is 22.9 Å². The minimum absolute atomic E-state index is 0.632. The Morgan fingerprint density at radius 1 is 1.63 bits per heavy atom. The summed E-state index contributed by atoms with van der Waals surface area (Å²) in [4.78, 5) is 24.4. The predicted molar refractivity (Wildman–Crippen MR) is 62.4 cm³/mol. The van der Waals surface area contributed by atoms with Crippen LogP contribution in [0.15, 0.2) is 34.5 Å². The van der Waals surface area contributed by atoms with E-state index in [9.17, 15) is 24.2 Å². The molecule has 1 saturated heterocycles. The summed E-state index contributed by atoms with van der Waals surface area (Å²) in [7, 11) is 0. The van der Waals surface area contributed by atoms with Crippen LogP contribution in [0.1, 0.15) is 6.23 Å². The fourth-order valence-corrected chi connectivity index (χ4v) is 1.99. The standard InChI is InChI=1S/C11H13FN2O5/c1-2-11(5-15)8(17)7(12)9(19-11)14-4-3-6(16)13-10(14)18/h2-4,7-9,15,17H,1,5H2,(H,13,16,18). The molecule has 7 nitrogen and oxygen atoms in total. The number of ether oxygens (including phenoxy) is 1. The first-order chi connectivity index (χ1) is 8.95. The Morgan fingerprint density at radius 3 is 2.79 bits per heavy atom. The van der Waals surface area contributed by atoms with Crippen LogP contribution in [-0.4, -0.2) is 44.2 Å². The van der Waals surface area contributed by atoms with E-state index in [2.05, 4.69) is 6.58 Å². The molecule has 0 aromatic carbocycles. The van der Waals surface area contributed by atoms with Crippen LogP contribution in [-0.2, 0) is 4.74 Å². The van der Waals surface area contributed by atoms with Gasteiger partial charge >= 0.3 is 5.69 Å². The lowest BCUT2D eigenvalue weighted by Crippen LogP contribution is -2.43. The molecule has 1 aliphatic heterocycles. The molecule has 1 aromatic rings. The van der Waals surface area contributed by atoms with Crippen LogP contribution >= 0.6 is 0 Å². The number of aromatic amines is 1. The molecule has 104 valence electrons. The van der Waals surface area contributed by atoms with Crippen LogP contribution in [0.5, 0.6) is 0 Å². The lowest BCUT2D eigenvalue weighted by molar-refractivity contribution is -0.0982. The SMILES string of the molecule is C=CC1(CO)OC(n2ccc(=O)[nH]c2=O)C(F)C1O. The number of nitrogens with zero attached hydrogens (tertiary/aromatic N) is 1. The number of hydrogen-bond donors (Lipinski definition) is 3. The number of halogens is 1. The molecule has 0 saturated carbocycles. The number of aliphatic hydroxyl groups excluding tert-OH is 2. The summed E-state index contributed by atoms with van der Waals surface area (Å²) in [5, 5.41) is 19.0. The van der Waals surface area contributed by atoms with E-state index < -0.39 is 42.0 Å². The van der Waals surface area contributed by atoms with Gasteiger partial charge in [-0.25, -0.2) is 9.18 Å². The van der Waals surface area contributed by atoms with Gasteiger partial charge in [0.2, 0.25) is 0 Å². The summed E-state index contributed by atoms with van der Waals surface area (Å²) >= 11 is 0. The summed E-state index contributed by atoms with van der Waals surface area (Å²) < 4.78 is 20.1. The van der Waals surface area contributed by atoms with E-state index in [4.69, 9.17) is 4.74 Å². The topological polar surface area (TPSA) is 105 Å². The van der Waals surface area contributed by atoms with Gasteiger partial charge in [-0.1, -0.05) is 6.08 Å². The van der Waals surface area contributed by atoms with Crippen molar-refractivity contribution in [1.82, 2.24) is 9.55 Å². The molecule has 0 amide bonds. The zero-order chi connectivity index (χ0) is 14.2. The third-order valence-electron chi connectivity index (χ3n) is 3.13. The maximum absolute atomic E-state index is 14.0. The van der Waals surface area contributed by atoms with E-state index in [1.54, 1.807) is 0 Å². The van der Waals surface area contributed by atoms with Gasteiger partial charge < -0.3 is 14.9 Å². The molecule has 4 unspecified atom stereocenters. The van der Waals surface area contributed by atoms with Crippen molar-refractivity contribution < 1.29 is 19.3 Å². The fourth-order valence-electron chi connectivity index (χ4n) is 1.99. The molecule has 0 spiro atoms. The molecular formula is C11H13FN2O5. The lowest BCUT2D eigenvalue weighted by Gasteiger charge is -2.25. The van der Waals surface area contributed by atoms with Crippen molar-refractivity contribution in [2.45, 2.75) is 24.1 Å². The van der Waals surface area contributed by atoms with Crippen LogP contribution < -0.4 is 11.2 Å². The largest absolute Gasteiger partial charge is 0.393 e. The molecule has 2 heterocycles. The van der Waals surface area contributed by atoms with Crippen molar-refractivity contribution in [3.8, 4) is 0 Å². The number of aromatic nitrogens is 2. The molecule has 1 aromatic heterocycles. The van der Waals surface area contributed by atoms with E-state index in [-0.39, 0.29) is 0 Å². The summed E-state index contributed by atoms with van der Waals surface area (Å²) in [5.41, 5.74) is -3.18. The maximum Gasteiger partial charge on any atom is 0.330 e. The zero-order valence-electron chi connectivity index (χ0n) is 9.82. The number of rotatable bonds is 3. The van der Waals surface area contributed by atoms with Crippen LogP contribution in [0.2, 0.25) is 0 Å². The highest BCUT2D eigenvalue weighted by atomic mass is 19.1. The molecular weight excluding hydrogens is 259 g/mol. The van der Waals surface area contributed by atoms with Crippen molar-refractivity contribution in [1.29, 1.82) is 0 Å². The van der Waals surface area contributed by atoms with Crippen molar-refractivity contribution in [2.75, 3.05) is 6.61 Å². The second-order valence-corrected chi connectivity index (χ2v) is 4.23. The van der Waals surface area contributed by atoms with Gasteiger partial charge in [-0.3, -0.25) is 14.3 Å². The quantitative estimate of drug-likeness (QED) is 0.592. The van der Waals surface area contributed by atoms with Crippen molar-refractivity contribution in [2.24, 2.45) is 0 Å². The Hall–Kier alpha value is -1.77. The van der Waals surface area contributed by atoms with E-state index >= 15 is 0 Å². The van der Waals surface area contributed by atoms with Gasteiger partial charge in [0.25, 0.3) is 5.56 Å². The minimum Gasteiger partial charge on any atom is -0.393 e. The van der Waals surface area contributed by atoms with Crippen LogP contribution in [0.25, 0.3) is 0 Å². The van der Waals surface area contributed by atoms with Gasteiger partial charge in [-0.05, 0) is 0 Å². The molecule has 19 heavy (non-hydrogen) atoms. The lowest BCUT2D eigenvalue weighted by atomic mass is 9.97. The maximum atomic E-state index is 14.0. The summed E-state index contributed by atoms with van der Waals surface area (Å²) in [6.45, 7) is 2.69. The Balaban J connectivity index is 2.45. The third kappa shape index (κ3) is 2.03.